The molecule has 0 spiro atoms. The number of aromatic amines is 1. The fourth-order valence-corrected chi connectivity index (χ4v) is 1.34. The second kappa shape index (κ2) is 3.46. The molecule has 0 amide bonds. The van der Waals surface area contributed by atoms with Gasteiger partial charge in [0.1, 0.15) is 0 Å². The lowest BCUT2D eigenvalue weighted by Crippen LogP contribution is -2.08. The molecule has 2 aromatic heterocycles. The maximum atomic E-state index is 11.5. The maximum absolute atomic E-state index is 11.5. The molecule has 3 heteroatoms. The van der Waals surface area contributed by atoms with E-state index in [1.807, 2.05) is 25.1 Å². The van der Waals surface area contributed by atoms with Gasteiger partial charge in [0.25, 0.3) is 5.56 Å². The Kier molecular flexibility index (Phi) is 2.14. The molecule has 70 valence electrons. The summed E-state index contributed by atoms with van der Waals surface area (Å²) in [5, 5.41) is 0. The summed E-state index contributed by atoms with van der Waals surface area (Å²) in [5.41, 5.74) is 2.55. The van der Waals surface area contributed by atoms with Gasteiger partial charge in [-0.15, -0.1) is 0 Å². The van der Waals surface area contributed by atoms with Crippen LogP contribution in [-0.4, -0.2) is 9.97 Å². The zero-order valence-corrected chi connectivity index (χ0v) is 7.82. The van der Waals surface area contributed by atoms with Crippen molar-refractivity contribution in [2.45, 2.75) is 6.92 Å². The Hall–Kier alpha value is -1.90. The number of nitrogens with zero attached hydrogens (tertiary/aromatic N) is 1. The number of aryl methyl sites for hydroxylation is 1. The first-order chi connectivity index (χ1) is 6.77. The van der Waals surface area contributed by atoms with Crippen LogP contribution in [0.1, 0.15) is 5.56 Å². The highest BCUT2D eigenvalue weighted by Gasteiger charge is 2.01. The number of hydrogen-bond donors (Lipinski definition) is 1. The van der Waals surface area contributed by atoms with Crippen molar-refractivity contribution in [3.05, 3.63) is 52.7 Å². The van der Waals surface area contributed by atoms with Crippen LogP contribution in [0.15, 0.2) is 41.6 Å². The number of pyridine rings is 2. The molecule has 0 radical (unpaired) electrons. The zero-order valence-electron chi connectivity index (χ0n) is 7.82. The molecule has 0 saturated heterocycles. The molecule has 14 heavy (non-hydrogen) atoms. The number of hydrogen-bond acceptors (Lipinski definition) is 2. The van der Waals surface area contributed by atoms with Gasteiger partial charge in [0.2, 0.25) is 0 Å². The molecule has 1 N–H and O–H groups in total. The van der Waals surface area contributed by atoms with E-state index in [1.165, 1.54) is 0 Å². The van der Waals surface area contributed by atoms with Crippen LogP contribution in [0.25, 0.3) is 11.1 Å². The van der Waals surface area contributed by atoms with Crippen LogP contribution < -0.4 is 5.56 Å². The van der Waals surface area contributed by atoms with Gasteiger partial charge in [0, 0.05) is 24.2 Å². The van der Waals surface area contributed by atoms with Crippen LogP contribution in [0, 0.1) is 6.92 Å². The minimum Gasteiger partial charge on any atom is -0.328 e. The monoisotopic (exact) mass is 186 g/mol. The van der Waals surface area contributed by atoms with E-state index in [2.05, 4.69) is 9.97 Å². The Balaban J connectivity index is 2.63. The minimum absolute atomic E-state index is 0.0678. The summed E-state index contributed by atoms with van der Waals surface area (Å²) < 4.78 is 0. The van der Waals surface area contributed by atoms with E-state index in [4.69, 9.17) is 0 Å². The highest BCUT2D eigenvalue weighted by atomic mass is 16.1. The second-order valence-electron chi connectivity index (χ2n) is 3.16. The molecular formula is C11H10N2O. The summed E-state index contributed by atoms with van der Waals surface area (Å²) in [5.74, 6) is 0. The van der Waals surface area contributed by atoms with Gasteiger partial charge in [-0.1, -0.05) is 0 Å². The van der Waals surface area contributed by atoms with E-state index in [-0.39, 0.29) is 5.56 Å². The van der Waals surface area contributed by atoms with Gasteiger partial charge in [0.05, 0.1) is 0 Å². The molecule has 0 aromatic carbocycles. The fourth-order valence-electron chi connectivity index (χ4n) is 1.34. The van der Waals surface area contributed by atoms with Crippen LogP contribution >= 0.6 is 0 Å². The van der Waals surface area contributed by atoms with Crippen LogP contribution in [-0.2, 0) is 0 Å². The van der Waals surface area contributed by atoms with Gasteiger partial charge in [-0.3, -0.25) is 9.78 Å². The van der Waals surface area contributed by atoms with E-state index in [1.54, 1.807) is 18.6 Å². The minimum atomic E-state index is -0.0678. The SMILES string of the molecule is Cc1c[nH]c(=O)c(-c2ccncc2)c1. The molecule has 0 bridgehead atoms. The van der Waals surface area contributed by atoms with Crippen LogP contribution in [0.3, 0.4) is 0 Å². The molecule has 0 fully saturated rings. The normalized spacial score (nSPS) is 10.1. The lowest BCUT2D eigenvalue weighted by molar-refractivity contribution is 1.20. The van der Waals surface area contributed by atoms with Crippen molar-refractivity contribution in [1.82, 2.24) is 9.97 Å². The summed E-state index contributed by atoms with van der Waals surface area (Å²) in [6, 6.07) is 5.52. The zero-order chi connectivity index (χ0) is 9.97. The van der Waals surface area contributed by atoms with E-state index in [9.17, 15) is 4.79 Å². The average Bonchev–Trinajstić information content (AvgIpc) is 2.23. The molecule has 3 nitrogen and oxygen atoms in total. The highest BCUT2D eigenvalue weighted by Crippen LogP contribution is 2.13. The van der Waals surface area contributed by atoms with Crippen molar-refractivity contribution in [2.75, 3.05) is 0 Å². The number of rotatable bonds is 1. The van der Waals surface area contributed by atoms with Gasteiger partial charge >= 0.3 is 0 Å². The van der Waals surface area contributed by atoms with E-state index in [0.717, 1.165) is 11.1 Å². The third-order valence-electron chi connectivity index (χ3n) is 2.04. The molecule has 2 aromatic rings. The van der Waals surface area contributed by atoms with Gasteiger partial charge in [-0.05, 0) is 36.2 Å². The van der Waals surface area contributed by atoms with Gasteiger partial charge in [-0.25, -0.2) is 0 Å². The maximum Gasteiger partial charge on any atom is 0.255 e. The third-order valence-corrected chi connectivity index (χ3v) is 2.04. The first-order valence-electron chi connectivity index (χ1n) is 4.37. The van der Waals surface area contributed by atoms with Crippen molar-refractivity contribution >= 4 is 0 Å². The summed E-state index contributed by atoms with van der Waals surface area (Å²) in [7, 11) is 0. The first-order valence-corrected chi connectivity index (χ1v) is 4.37. The molecule has 2 heterocycles. The van der Waals surface area contributed by atoms with E-state index in [0.29, 0.717) is 5.56 Å². The first kappa shape index (κ1) is 8.69. The van der Waals surface area contributed by atoms with Crippen molar-refractivity contribution < 1.29 is 0 Å². The number of H-pyrrole nitrogens is 1. The topological polar surface area (TPSA) is 45.8 Å². The number of nitrogens with one attached hydrogen (secondary N) is 1. The molecule has 2 rings (SSSR count). The summed E-state index contributed by atoms with van der Waals surface area (Å²) in [6.45, 7) is 1.95. The van der Waals surface area contributed by atoms with Crippen LogP contribution in [0.5, 0.6) is 0 Å². The lowest BCUT2D eigenvalue weighted by atomic mass is 10.1. The number of aromatic nitrogens is 2. The van der Waals surface area contributed by atoms with Crippen LogP contribution in [0.4, 0.5) is 0 Å². The van der Waals surface area contributed by atoms with Crippen LogP contribution in [0.2, 0.25) is 0 Å². The predicted molar refractivity (Wildman–Crippen MR) is 55.0 cm³/mol. The Morgan fingerprint density at radius 2 is 2.00 bits per heavy atom. The van der Waals surface area contributed by atoms with E-state index >= 15 is 0 Å². The second-order valence-corrected chi connectivity index (χ2v) is 3.16. The molecule has 0 aliphatic rings. The van der Waals surface area contributed by atoms with Crippen molar-refractivity contribution in [1.29, 1.82) is 0 Å². The molecule has 0 unspecified atom stereocenters. The van der Waals surface area contributed by atoms with Gasteiger partial charge in [0.15, 0.2) is 0 Å². The van der Waals surface area contributed by atoms with Crippen molar-refractivity contribution in [3.8, 4) is 11.1 Å². The average molecular weight is 186 g/mol. The molecule has 0 aliphatic heterocycles. The van der Waals surface area contributed by atoms with E-state index < -0.39 is 0 Å². The Bertz CT molecular complexity index is 488. The fraction of sp³-hybridized carbons (Fsp3) is 0.0909. The molecule has 0 saturated carbocycles. The predicted octanol–water partition coefficient (Wildman–Crippen LogP) is 1.75. The Morgan fingerprint density at radius 1 is 1.29 bits per heavy atom. The highest BCUT2D eigenvalue weighted by molar-refractivity contribution is 5.61. The lowest BCUT2D eigenvalue weighted by Gasteiger charge is -2.00. The smallest absolute Gasteiger partial charge is 0.255 e. The summed E-state index contributed by atoms with van der Waals surface area (Å²) >= 11 is 0. The molecule has 0 aliphatic carbocycles. The quantitative estimate of drug-likeness (QED) is 0.737. The third kappa shape index (κ3) is 1.57. The Morgan fingerprint density at radius 3 is 2.71 bits per heavy atom. The van der Waals surface area contributed by atoms with Crippen molar-refractivity contribution in [3.63, 3.8) is 0 Å². The standard InChI is InChI=1S/C11H10N2O/c1-8-6-10(11(14)13-7-8)9-2-4-12-5-3-9/h2-7H,1H3,(H,13,14). The van der Waals surface area contributed by atoms with Gasteiger partial charge in [-0.2, -0.15) is 0 Å². The summed E-state index contributed by atoms with van der Waals surface area (Å²) in [4.78, 5) is 18.1. The molecule has 0 atom stereocenters. The van der Waals surface area contributed by atoms with Gasteiger partial charge < -0.3 is 4.98 Å². The summed E-state index contributed by atoms with van der Waals surface area (Å²) in [6.07, 6.45) is 5.06. The Labute approximate surface area is 81.5 Å². The largest absolute Gasteiger partial charge is 0.328 e. The van der Waals surface area contributed by atoms with Crippen molar-refractivity contribution in [2.24, 2.45) is 0 Å². The molecular weight excluding hydrogens is 176 g/mol.